The summed E-state index contributed by atoms with van der Waals surface area (Å²) in [5.74, 6) is 0.125. The van der Waals surface area contributed by atoms with E-state index in [0.29, 0.717) is 23.7 Å². The maximum absolute atomic E-state index is 13.5. The summed E-state index contributed by atoms with van der Waals surface area (Å²) in [5.41, 5.74) is 2.82. The Morgan fingerprint density at radius 3 is 2.46 bits per heavy atom. The third-order valence-corrected chi connectivity index (χ3v) is 6.68. The first-order valence-corrected chi connectivity index (χ1v) is 12.8. The van der Waals surface area contributed by atoms with E-state index in [1.165, 1.54) is 0 Å². The van der Waals surface area contributed by atoms with Gasteiger partial charge < -0.3 is 15.0 Å². The van der Waals surface area contributed by atoms with Gasteiger partial charge in [-0.2, -0.15) is 0 Å². The third-order valence-electron chi connectivity index (χ3n) is 5.55. The van der Waals surface area contributed by atoms with Gasteiger partial charge in [-0.3, -0.25) is 9.59 Å². The second-order valence-electron chi connectivity index (χ2n) is 8.35. The summed E-state index contributed by atoms with van der Waals surface area (Å²) in [6.45, 7) is 4.54. The Hall–Kier alpha value is -2.83. The molecule has 184 valence electrons. The van der Waals surface area contributed by atoms with Gasteiger partial charge in [0.1, 0.15) is 11.8 Å². The Balaban J connectivity index is 1.89. The van der Waals surface area contributed by atoms with Gasteiger partial charge in [0.15, 0.2) is 6.61 Å². The number of aryl methyl sites for hydroxylation is 1. The Morgan fingerprint density at radius 1 is 1.03 bits per heavy atom. The van der Waals surface area contributed by atoms with E-state index in [1.54, 1.807) is 17.0 Å². The molecule has 0 aliphatic rings. The Labute approximate surface area is 220 Å². The smallest absolute Gasteiger partial charge is 0.261 e. The molecule has 0 saturated heterocycles. The topological polar surface area (TPSA) is 58.6 Å². The van der Waals surface area contributed by atoms with Crippen molar-refractivity contribution in [1.82, 2.24) is 10.2 Å². The molecule has 5 nitrogen and oxygen atoms in total. The van der Waals surface area contributed by atoms with Crippen molar-refractivity contribution in [1.29, 1.82) is 0 Å². The molecule has 0 bridgehead atoms. The number of amides is 2. The van der Waals surface area contributed by atoms with Gasteiger partial charge in [-0.05, 0) is 60.4 Å². The van der Waals surface area contributed by atoms with Crippen LogP contribution in [0, 0.1) is 6.92 Å². The average Bonchev–Trinajstić information content (AvgIpc) is 2.86. The molecule has 3 aromatic carbocycles. The number of carbonyl (C=O) groups excluding carboxylic acids is 2. The zero-order valence-corrected chi connectivity index (χ0v) is 22.3. The summed E-state index contributed by atoms with van der Waals surface area (Å²) < 4.78 is 6.80. The largest absolute Gasteiger partial charge is 0.484 e. The minimum Gasteiger partial charge on any atom is -0.484 e. The molecular weight excluding hydrogens is 528 g/mol. The van der Waals surface area contributed by atoms with Gasteiger partial charge in [0.05, 0.1) is 0 Å². The molecule has 0 heterocycles. The van der Waals surface area contributed by atoms with Crippen LogP contribution >= 0.6 is 27.5 Å². The van der Waals surface area contributed by atoms with Gasteiger partial charge in [0.2, 0.25) is 5.91 Å². The molecule has 0 saturated carbocycles. The van der Waals surface area contributed by atoms with Gasteiger partial charge in [-0.25, -0.2) is 0 Å². The zero-order valence-electron chi connectivity index (χ0n) is 20.0. The molecule has 7 heteroatoms. The zero-order chi connectivity index (χ0) is 25.2. The number of ether oxygens (including phenoxy) is 1. The molecule has 35 heavy (non-hydrogen) atoms. The van der Waals surface area contributed by atoms with E-state index < -0.39 is 6.04 Å². The van der Waals surface area contributed by atoms with Gasteiger partial charge in [-0.1, -0.05) is 76.9 Å². The summed E-state index contributed by atoms with van der Waals surface area (Å²) in [5, 5.41) is 3.54. The maximum atomic E-state index is 13.5. The second-order valence-corrected chi connectivity index (χ2v) is 9.64. The molecule has 1 atom stereocenters. The minimum absolute atomic E-state index is 0.187. The van der Waals surface area contributed by atoms with Crippen molar-refractivity contribution in [3.05, 3.63) is 99.0 Å². The number of nitrogens with zero attached hydrogens (tertiary/aromatic N) is 1. The van der Waals surface area contributed by atoms with Crippen LogP contribution in [0.25, 0.3) is 0 Å². The highest BCUT2D eigenvalue weighted by Crippen LogP contribution is 2.22. The Morgan fingerprint density at radius 2 is 1.77 bits per heavy atom. The van der Waals surface area contributed by atoms with Crippen LogP contribution in [0.3, 0.4) is 0 Å². The SMILES string of the molecule is CCCNC(=O)[C@@H](Cc1ccccc1)N(Cc1cccc(Cl)c1)C(=O)COc1ccc(Br)c(C)c1. The van der Waals surface area contributed by atoms with Gasteiger partial charge in [0.25, 0.3) is 5.91 Å². The fourth-order valence-electron chi connectivity index (χ4n) is 3.69. The fraction of sp³-hybridized carbons (Fsp3) is 0.286. The molecule has 0 aromatic heterocycles. The molecule has 2 amide bonds. The van der Waals surface area contributed by atoms with E-state index in [-0.39, 0.29) is 25.0 Å². The maximum Gasteiger partial charge on any atom is 0.261 e. The number of carbonyl (C=O) groups is 2. The van der Waals surface area contributed by atoms with Crippen LogP contribution in [0.15, 0.2) is 77.3 Å². The number of nitrogens with one attached hydrogen (secondary N) is 1. The average molecular weight is 558 g/mol. The quantitative estimate of drug-likeness (QED) is 0.317. The van der Waals surface area contributed by atoms with Crippen molar-refractivity contribution < 1.29 is 14.3 Å². The van der Waals surface area contributed by atoms with Gasteiger partial charge in [0, 0.05) is 29.0 Å². The first-order chi connectivity index (χ1) is 16.9. The van der Waals surface area contributed by atoms with Crippen LogP contribution < -0.4 is 10.1 Å². The molecule has 0 unspecified atom stereocenters. The lowest BCUT2D eigenvalue weighted by molar-refractivity contribution is -0.142. The number of rotatable bonds is 11. The highest BCUT2D eigenvalue weighted by molar-refractivity contribution is 9.10. The van der Waals surface area contributed by atoms with Crippen LogP contribution in [-0.2, 0) is 22.6 Å². The third kappa shape index (κ3) is 8.11. The summed E-state index contributed by atoms with van der Waals surface area (Å²) in [6.07, 6.45) is 1.19. The van der Waals surface area contributed by atoms with E-state index in [1.807, 2.05) is 74.5 Å². The lowest BCUT2D eigenvalue weighted by atomic mass is 10.0. The van der Waals surface area contributed by atoms with E-state index in [2.05, 4.69) is 21.2 Å². The van der Waals surface area contributed by atoms with Crippen molar-refractivity contribution in [3.63, 3.8) is 0 Å². The Bertz CT molecular complexity index is 1140. The van der Waals surface area contributed by atoms with E-state index in [0.717, 1.165) is 27.6 Å². The summed E-state index contributed by atoms with van der Waals surface area (Å²) in [6, 6.07) is 21.9. The predicted molar refractivity (Wildman–Crippen MR) is 144 cm³/mol. The van der Waals surface area contributed by atoms with E-state index in [9.17, 15) is 9.59 Å². The summed E-state index contributed by atoms with van der Waals surface area (Å²) >= 11 is 9.68. The molecule has 3 rings (SSSR count). The number of hydrogen-bond donors (Lipinski definition) is 1. The number of benzene rings is 3. The van der Waals surface area contributed by atoms with E-state index >= 15 is 0 Å². The van der Waals surface area contributed by atoms with Crippen molar-refractivity contribution >= 4 is 39.3 Å². The Kier molecular flexibility index (Phi) is 10.2. The van der Waals surface area contributed by atoms with E-state index in [4.69, 9.17) is 16.3 Å². The number of hydrogen-bond acceptors (Lipinski definition) is 3. The van der Waals surface area contributed by atoms with Crippen molar-refractivity contribution in [2.75, 3.05) is 13.2 Å². The van der Waals surface area contributed by atoms with Crippen molar-refractivity contribution in [3.8, 4) is 5.75 Å². The lowest BCUT2D eigenvalue weighted by Crippen LogP contribution is -2.51. The van der Waals surface area contributed by atoms with Gasteiger partial charge in [-0.15, -0.1) is 0 Å². The normalized spacial score (nSPS) is 11.5. The standard InChI is InChI=1S/C28H30BrClN2O3/c1-3-14-31-28(34)26(17-21-8-5-4-6-9-21)32(18-22-10-7-11-23(30)16-22)27(33)19-35-24-12-13-25(29)20(2)15-24/h4-13,15-16,26H,3,14,17-19H2,1-2H3,(H,31,34)/t26-/m1/s1. The summed E-state index contributed by atoms with van der Waals surface area (Å²) in [7, 11) is 0. The second kappa shape index (κ2) is 13.3. The monoisotopic (exact) mass is 556 g/mol. The van der Waals surface area contributed by atoms with Crippen LogP contribution in [-0.4, -0.2) is 35.9 Å². The minimum atomic E-state index is -0.703. The summed E-state index contributed by atoms with van der Waals surface area (Å²) in [4.78, 5) is 28.4. The fourth-order valence-corrected chi connectivity index (χ4v) is 4.15. The lowest BCUT2D eigenvalue weighted by Gasteiger charge is -2.31. The van der Waals surface area contributed by atoms with Gasteiger partial charge >= 0.3 is 0 Å². The highest BCUT2D eigenvalue weighted by Gasteiger charge is 2.30. The first kappa shape index (κ1) is 26.8. The predicted octanol–water partition coefficient (Wildman–Crippen LogP) is 5.96. The van der Waals surface area contributed by atoms with Crippen LogP contribution in [0.1, 0.15) is 30.0 Å². The molecule has 0 aliphatic carbocycles. The highest BCUT2D eigenvalue weighted by atomic mass is 79.9. The molecular formula is C28H30BrClN2O3. The molecule has 0 spiro atoms. The molecule has 0 radical (unpaired) electrons. The molecule has 0 fully saturated rings. The molecule has 3 aromatic rings. The first-order valence-electron chi connectivity index (χ1n) is 11.6. The molecule has 0 aliphatic heterocycles. The number of halogens is 2. The molecule has 1 N–H and O–H groups in total. The van der Waals surface area contributed by atoms with Crippen LogP contribution in [0.5, 0.6) is 5.75 Å². The van der Waals surface area contributed by atoms with Crippen LogP contribution in [0.2, 0.25) is 5.02 Å². The van der Waals surface area contributed by atoms with Crippen LogP contribution in [0.4, 0.5) is 0 Å². The van der Waals surface area contributed by atoms with Crippen molar-refractivity contribution in [2.45, 2.75) is 39.3 Å². The van der Waals surface area contributed by atoms with Crippen molar-refractivity contribution in [2.24, 2.45) is 0 Å².